The molecule has 1 unspecified atom stereocenters. The number of halogens is 1. The van der Waals surface area contributed by atoms with Crippen molar-refractivity contribution < 1.29 is 19.4 Å². The molecule has 5 nitrogen and oxygen atoms in total. The first-order chi connectivity index (χ1) is 9.17. The highest BCUT2D eigenvalue weighted by atomic mass is 35.5. The van der Waals surface area contributed by atoms with Gasteiger partial charge in [0.25, 0.3) is 0 Å². The smallest absolute Gasteiger partial charge is 0.408 e. The highest BCUT2D eigenvalue weighted by molar-refractivity contribution is 6.20. The molecule has 1 atom stereocenters. The average Bonchev–Trinajstić information content (AvgIpc) is 2.28. The van der Waals surface area contributed by atoms with Gasteiger partial charge < -0.3 is 15.2 Å². The molecule has 1 saturated carbocycles. The molecule has 0 spiro atoms. The largest absolute Gasteiger partial charge is 0.480 e. The molecule has 1 aliphatic rings. The van der Waals surface area contributed by atoms with E-state index in [1.807, 2.05) is 0 Å². The van der Waals surface area contributed by atoms with E-state index in [2.05, 4.69) is 5.32 Å². The van der Waals surface area contributed by atoms with Crippen molar-refractivity contribution in [3.63, 3.8) is 0 Å². The summed E-state index contributed by atoms with van der Waals surface area (Å²) in [5, 5.41) is 11.8. The number of amides is 1. The topological polar surface area (TPSA) is 75.6 Å². The fraction of sp³-hybridized carbons (Fsp3) is 0.857. The first-order valence-corrected chi connectivity index (χ1v) is 7.47. The monoisotopic (exact) mass is 305 g/mol. The maximum atomic E-state index is 11.6. The summed E-state index contributed by atoms with van der Waals surface area (Å²) >= 11 is 6.03. The number of alkyl halides is 1. The number of carboxylic acid groups (broad SMARTS) is 1. The normalized spacial score (nSPS) is 24.8. The van der Waals surface area contributed by atoms with E-state index in [1.165, 1.54) is 0 Å². The zero-order valence-electron chi connectivity index (χ0n) is 12.3. The molecule has 1 fully saturated rings. The predicted octanol–water partition coefficient (Wildman–Crippen LogP) is 3.15. The molecule has 0 aromatic carbocycles. The van der Waals surface area contributed by atoms with Crippen LogP contribution in [0.3, 0.4) is 0 Å². The van der Waals surface area contributed by atoms with Crippen LogP contribution in [0.1, 0.15) is 52.9 Å². The third-order valence-electron chi connectivity index (χ3n) is 3.33. The minimum atomic E-state index is -1.02. The molecule has 116 valence electrons. The highest BCUT2D eigenvalue weighted by Gasteiger charge is 2.28. The Balaban J connectivity index is 2.48. The number of aliphatic carboxylic acids is 1. The van der Waals surface area contributed by atoms with Gasteiger partial charge in [0.2, 0.25) is 0 Å². The lowest BCUT2D eigenvalue weighted by atomic mass is 9.84. The van der Waals surface area contributed by atoms with E-state index < -0.39 is 23.7 Å². The Hall–Kier alpha value is -0.970. The molecular formula is C14H24ClNO4. The maximum absolute atomic E-state index is 11.6. The Morgan fingerprint density at radius 2 is 1.85 bits per heavy atom. The second-order valence-electron chi connectivity index (χ2n) is 6.39. The third kappa shape index (κ3) is 6.46. The molecule has 0 aromatic heterocycles. The Kier molecular flexibility index (Phi) is 6.11. The third-order valence-corrected chi connectivity index (χ3v) is 3.77. The number of nitrogens with one attached hydrogen (secondary N) is 1. The van der Waals surface area contributed by atoms with Gasteiger partial charge in [0.1, 0.15) is 11.6 Å². The molecule has 0 saturated heterocycles. The van der Waals surface area contributed by atoms with Crippen LogP contribution >= 0.6 is 11.6 Å². The van der Waals surface area contributed by atoms with Gasteiger partial charge in [0.05, 0.1) is 0 Å². The second kappa shape index (κ2) is 7.16. The van der Waals surface area contributed by atoms with E-state index in [0.29, 0.717) is 12.3 Å². The molecule has 0 heterocycles. The van der Waals surface area contributed by atoms with Crippen LogP contribution in [0.5, 0.6) is 0 Å². The number of rotatable bonds is 4. The van der Waals surface area contributed by atoms with Crippen molar-refractivity contribution in [2.24, 2.45) is 5.92 Å². The molecule has 2 N–H and O–H groups in total. The summed E-state index contributed by atoms with van der Waals surface area (Å²) in [6, 6.07) is -0.901. The Morgan fingerprint density at radius 1 is 1.30 bits per heavy atom. The summed E-state index contributed by atoms with van der Waals surface area (Å²) in [7, 11) is 0. The van der Waals surface area contributed by atoms with Gasteiger partial charge in [0.15, 0.2) is 0 Å². The quantitative estimate of drug-likeness (QED) is 0.782. The van der Waals surface area contributed by atoms with Crippen molar-refractivity contribution >= 4 is 23.7 Å². The number of carbonyl (C=O) groups excluding carboxylic acids is 1. The van der Waals surface area contributed by atoms with Crippen molar-refractivity contribution in [2.45, 2.75) is 69.9 Å². The van der Waals surface area contributed by atoms with Crippen LogP contribution in [0, 0.1) is 5.92 Å². The lowest BCUT2D eigenvalue weighted by Crippen LogP contribution is -2.44. The van der Waals surface area contributed by atoms with Crippen molar-refractivity contribution in [1.29, 1.82) is 0 Å². The first-order valence-electron chi connectivity index (χ1n) is 7.04. The molecule has 1 aliphatic carbocycles. The minimum absolute atomic E-state index is 0.202. The Morgan fingerprint density at radius 3 is 2.30 bits per heavy atom. The van der Waals surface area contributed by atoms with Crippen LogP contribution in [-0.2, 0) is 9.53 Å². The highest BCUT2D eigenvalue weighted by Crippen LogP contribution is 2.30. The molecule has 6 heteroatoms. The van der Waals surface area contributed by atoms with Gasteiger partial charge in [-0.15, -0.1) is 11.6 Å². The van der Waals surface area contributed by atoms with Gasteiger partial charge in [-0.05, 0) is 58.8 Å². The van der Waals surface area contributed by atoms with Crippen molar-refractivity contribution in [3.05, 3.63) is 0 Å². The molecular weight excluding hydrogens is 282 g/mol. The van der Waals surface area contributed by atoms with Gasteiger partial charge in [-0.3, -0.25) is 0 Å². The van der Waals surface area contributed by atoms with E-state index in [4.69, 9.17) is 16.3 Å². The van der Waals surface area contributed by atoms with Crippen molar-refractivity contribution in [1.82, 2.24) is 5.32 Å². The van der Waals surface area contributed by atoms with E-state index in [1.54, 1.807) is 20.8 Å². The van der Waals surface area contributed by atoms with E-state index in [0.717, 1.165) is 25.7 Å². The molecule has 20 heavy (non-hydrogen) atoms. The SMILES string of the molecule is CC(C)(C)OC(=O)NC(CC1CCC(Cl)CC1)C(=O)O. The van der Waals surface area contributed by atoms with Crippen molar-refractivity contribution in [3.8, 4) is 0 Å². The van der Waals surface area contributed by atoms with Crippen LogP contribution in [0.25, 0.3) is 0 Å². The number of carbonyl (C=O) groups is 2. The van der Waals surface area contributed by atoms with E-state index in [-0.39, 0.29) is 5.38 Å². The average molecular weight is 306 g/mol. The summed E-state index contributed by atoms with van der Waals surface area (Å²) in [6.45, 7) is 5.22. The standard InChI is InChI=1S/C14H24ClNO4/c1-14(2,3)20-13(19)16-11(12(17)18)8-9-4-6-10(15)7-5-9/h9-11H,4-8H2,1-3H3,(H,16,19)(H,17,18). The van der Waals surface area contributed by atoms with Gasteiger partial charge in [-0.1, -0.05) is 0 Å². The van der Waals surface area contributed by atoms with Gasteiger partial charge >= 0.3 is 12.1 Å². The molecule has 1 amide bonds. The first kappa shape index (κ1) is 17.1. The summed E-state index contributed by atoms with van der Waals surface area (Å²) in [5.41, 5.74) is -0.635. The summed E-state index contributed by atoms with van der Waals surface area (Å²) in [4.78, 5) is 22.9. The van der Waals surface area contributed by atoms with Crippen LogP contribution in [0.2, 0.25) is 0 Å². The molecule has 0 aromatic rings. The number of ether oxygens (including phenoxy) is 1. The minimum Gasteiger partial charge on any atom is -0.480 e. The molecule has 1 rings (SSSR count). The summed E-state index contributed by atoms with van der Waals surface area (Å²) < 4.78 is 5.09. The van der Waals surface area contributed by atoms with Gasteiger partial charge in [-0.2, -0.15) is 0 Å². The van der Waals surface area contributed by atoms with Gasteiger partial charge in [0, 0.05) is 5.38 Å². The summed E-state index contributed by atoms with van der Waals surface area (Å²) in [5.74, 6) is -0.732. The number of carboxylic acids is 1. The lowest BCUT2D eigenvalue weighted by molar-refractivity contribution is -0.140. The zero-order chi connectivity index (χ0) is 15.3. The van der Waals surface area contributed by atoms with Crippen LogP contribution in [0.4, 0.5) is 4.79 Å². The fourth-order valence-corrected chi connectivity index (χ4v) is 2.61. The Labute approximate surface area is 125 Å². The molecule has 0 radical (unpaired) electrons. The van der Waals surface area contributed by atoms with Crippen LogP contribution < -0.4 is 5.32 Å². The van der Waals surface area contributed by atoms with E-state index >= 15 is 0 Å². The van der Waals surface area contributed by atoms with Crippen LogP contribution in [-0.4, -0.2) is 34.2 Å². The lowest BCUT2D eigenvalue weighted by Gasteiger charge is -2.28. The Bertz CT molecular complexity index is 346. The zero-order valence-corrected chi connectivity index (χ0v) is 13.1. The molecule has 0 bridgehead atoms. The number of hydrogen-bond donors (Lipinski definition) is 2. The molecule has 0 aliphatic heterocycles. The van der Waals surface area contributed by atoms with Crippen LogP contribution in [0.15, 0.2) is 0 Å². The van der Waals surface area contributed by atoms with Crippen molar-refractivity contribution in [2.75, 3.05) is 0 Å². The second-order valence-corrected chi connectivity index (χ2v) is 7.01. The van der Waals surface area contributed by atoms with E-state index in [9.17, 15) is 14.7 Å². The number of hydrogen-bond acceptors (Lipinski definition) is 3. The van der Waals surface area contributed by atoms with Gasteiger partial charge in [-0.25, -0.2) is 9.59 Å². The summed E-state index contributed by atoms with van der Waals surface area (Å²) in [6.07, 6.45) is 3.38. The fourth-order valence-electron chi connectivity index (χ4n) is 2.36. The predicted molar refractivity (Wildman–Crippen MR) is 77.0 cm³/mol. The number of alkyl carbamates (subject to hydrolysis) is 1. The maximum Gasteiger partial charge on any atom is 0.408 e.